The Morgan fingerprint density at radius 2 is 1.89 bits per heavy atom. The lowest BCUT2D eigenvalue weighted by molar-refractivity contribution is 0.356. The van der Waals surface area contributed by atoms with Gasteiger partial charge in [-0.15, -0.1) is 0 Å². The van der Waals surface area contributed by atoms with Crippen molar-refractivity contribution in [3.63, 3.8) is 0 Å². The Morgan fingerprint density at radius 3 is 2.72 bits per heavy atom. The second kappa shape index (κ2) is 4.73. The number of ether oxygens (including phenoxy) is 1. The molecule has 0 bridgehead atoms. The van der Waals surface area contributed by atoms with Gasteiger partial charge in [0.1, 0.15) is 11.5 Å². The van der Waals surface area contributed by atoms with Gasteiger partial charge in [0.15, 0.2) is 0 Å². The first kappa shape index (κ1) is 11.1. The van der Waals surface area contributed by atoms with Crippen molar-refractivity contribution >= 4 is 0 Å². The van der Waals surface area contributed by atoms with E-state index in [9.17, 15) is 5.11 Å². The van der Waals surface area contributed by atoms with Crippen LogP contribution >= 0.6 is 0 Å². The summed E-state index contributed by atoms with van der Waals surface area (Å²) in [6.45, 7) is 0.733. The Morgan fingerprint density at radius 1 is 1.06 bits per heavy atom. The van der Waals surface area contributed by atoms with Crippen LogP contribution in [0.25, 0.3) is 0 Å². The average molecular weight is 240 g/mol. The fourth-order valence-electron chi connectivity index (χ4n) is 2.38. The first-order valence-corrected chi connectivity index (χ1v) is 6.34. The molecule has 0 aliphatic carbocycles. The zero-order valence-corrected chi connectivity index (χ0v) is 10.2. The molecule has 0 fully saturated rings. The van der Waals surface area contributed by atoms with Gasteiger partial charge in [0.05, 0.1) is 6.61 Å². The maximum Gasteiger partial charge on any atom is 0.123 e. The zero-order valence-electron chi connectivity index (χ0n) is 10.2. The van der Waals surface area contributed by atoms with Gasteiger partial charge in [0.2, 0.25) is 0 Å². The molecule has 2 aromatic rings. The minimum atomic E-state index is 0.398. The highest BCUT2D eigenvalue weighted by Gasteiger charge is 2.15. The highest BCUT2D eigenvalue weighted by Crippen LogP contribution is 2.32. The van der Waals surface area contributed by atoms with Crippen molar-refractivity contribution in [1.82, 2.24) is 0 Å². The van der Waals surface area contributed by atoms with Crippen molar-refractivity contribution in [2.45, 2.75) is 19.3 Å². The van der Waals surface area contributed by atoms with Crippen LogP contribution in [0.1, 0.15) is 16.7 Å². The monoisotopic (exact) mass is 240 g/mol. The maximum absolute atomic E-state index is 10.00. The Bertz CT molecular complexity index is 547. The van der Waals surface area contributed by atoms with Crippen LogP contribution in [0, 0.1) is 0 Å². The molecule has 0 spiro atoms. The Hall–Kier alpha value is -1.96. The van der Waals surface area contributed by atoms with Gasteiger partial charge < -0.3 is 9.84 Å². The normalized spacial score (nSPS) is 13.1. The smallest absolute Gasteiger partial charge is 0.123 e. The minimum absolute atomic E-state index is 0.398. The van der Waals surface area contributed by atoms with Crippen molar-refractivity contribution in [1.29, 1.82) is 0 Å². The molecule has 0 saturated heterocycles. The number of hydrogen-bond acceptors (Lipinski definition) is 2. The second-order valence-electron chi connectivity index (χ2n) is 4.67. The molecule has 1 aliphatic rings. The lowest BCUT2D eigenvalue weighted by Gasteiger charge is -2.07. The minimum Gasteiger partial charge on any atom is -0.508 e. The van der Waals surface area contributed by atoms with E-state index in [1.165, 1.54) is 5.56 Å². The van der Waals surface area contributed by atoms with Crippen LogP contribution in [-0.4, -0.2) is 11.7 Å². The molecular weight excluding hydrogens is 224 g/mol. The molecule has 0 saturated carbocycles. The van der Waals surface area contributed by atoms with E-state index < -0.39 is 0 Å². The summed E-state index contributed by atoms with van der Waals surface area (Å²) in [5.41, 5.74) is 3.38. The fraction of sp³-hybridized carbons (Fsp3) is 0.250. The molecule has 0 unspecified atom stereocenters. The molecule has 2 nitrogen and oxygen atoms in total. The van der Waals surface area contributed by atoms with Crippen molar-refractivity contribution in [3.8, 4) is 11.5 Å². The lowest BCUT2D eigenvalue weighted by Crippen LogP contribution is -1.93. The first-order valence-electron chi connectivity index (χ1n) is 6.34. The van der Waals surface area contributed by atoms with E-state index in [1.807, 2.05) is 30.3 Å². The number of phenols is 1. The largest absolute Gasteiger partial charge is 0.508 e. The summed E-state index contributed by atoms with van der Waals surface area (Å²) in [4.78, 5) is 0. The Labute approximate surface area is 107 Å². The molecule has 0 aromatic heterocycles. The summed E-state index contributed by atoms with van der Waals surface area (Å²) >= 11 is 0. The van der Waals surface area contributed by atoms with Crippen LogP contribution in [0.15, 0.2) is 42.5 Å². The predicted octanol–water partition coefficient (Wildman–Crippen LogP) is 3.11. The van der Waals surface area contributed by atoms with E-state index >= 15 is 0 Å². The predicted molar refractivity (Wildman–Crippen MR) is 71.2 cm³/mol. The third-order valence-electron chi connectivity index (χ3n) is 3.42. The van der Waals surface area contributed by atoms with Crippen LogP contribution in [0.3, 0.4) is 0 Å². The van der Waals surface area contributed by atoms with Crippen LogP contribution in [-0.2, 0) is 19.3 Å². The number of fused-ring (bicyclic) bond motifs is 1. The standard InChI is InChI=1S/C16H16O2/c17-15-10-14-8-9-18-16(14)11-13(15)7-6-12-4-2-1-3-5-12/h1-5,10-11,17H,6-9H2. The van der Waals surface area contributed by atoms with Gasteiger partial charge in [0.25, 0.3) is 0 Å². The van der Waals surface area contributed by atoms with Crippen LogP contribution < -0.4 is 4.74 Å². The topological polar surface area (TPSA) is 29.5 Å². The Kier molecular flexibility index (Phi) is 2.93. The van der Waals surface area contributed by atoms with Crippen molar-refractivity contribution in [2.75, 3.05) is 6.61 Å². The van der Waals surface area contributed by atoms with Gasteiger partial charge >= 0.3 is 0 Å². The molecule has 1 N–H and O–H groups in total. The number of hydrogen-bond donors (Lipinski definition) is 1. The number of aromatic hydroxyl groups is 1. The molecule has 0 amide bonds. The summed E-state index contributed by atoms with van der Waals surface area (Å²) in [6.07, 6.45) is 2.68. The van der Waals surface area contributed by atoms with E-state index in [4.69, 9.17) is 4.74 Å². The van der Waals surface area contributed by atoms with Crippen LogP contribution in [0.2, 0.25) is 0 Å². The third-order valence-corrected chi connectivity index (χ3v) is 3.42. The van der Waals surface area contributed by atoms with Gasteiger partial charge in [-0.3, -0.25) is 0 Å². The van der Waals surface area contributed by atoms with Gasteiger partial charge in [0, 0.05) is 12.0 Å². The van der Waals surface area contributed by atoms with E-state index in [-0.39, 0.29) is 0 Å². The van der Waals surface area contributed by atoms with E-state index in [1.54, 1.807) is 0 Å². The maximum atomic E-state index is 10.00. The summed E-state index contributed by atoms with van der Waals surface area (Å²) in [5.74, 6) is 1.34. The number of rotatable bonds is 3. The van der Waals surface area contributed by atoms with Gasteiger partial charge in [-0.1, -0.05) is 30.3 Å². The molecular formula is C16H16O2. The van der Waals surface area contributed by atoms with Gasteiger partial charge in [-0.2, -0.15) is 0 Å². The van der Waals surface area contributed by atoms with E-state index in [2.05, 4.69) is 12.1 Å². The number of phenolic OH excluding ortho intramolecular Hbond substituents is 1. The third kappa shape index (κ3) is 2.19. The zero-order chi connectivity index (χ0) is 12.4. The fourth-order valence-corrected chi connectivity index (χ4v) is 2.38. The van der Waals surface area contributed by atoms with Crippen LogP contribution in [0.4, 0.5) is 0 Å². The molecule has 1 aliphatic heterocycles. The van der Waals surface area contributed by atoms with Crippen molar-refractivity contribution in [3.05, 3.63) is 59.2 Å². The SMILES string of the molecule is Oc1cc2c(cc1CCc1ccccc1)OCC2. The number of aryl methyl sites for hydroxylation is 2. The molecule has 92 valence electrons. The highest BCUT2D eigenvalue weighted by atomic mass is 16.5. The summed E-state index contributed by atoms with van der Waals surface area (Å²) in [5, 5.41) is 10.00. The molecule has 3 rings (SSSR count). The summed E-state index contributed by atoms with van der Waals surface area (Å²) in [7, 11) is 0. The molecule has 1 heterocycles. The lowest BCUT2D eigenvalue weighted by atomic mass is 10.0. The molecule has 0 atom stereocenters. The highest BCUT2D eigenvalue weighted by molar-refractivity contribution is 5.47. The Balaban J connectivity index is 1.77. The molecule has 2 aromatic carbocycles. The average Bonchev–Trinajstić information content (AvgIpc) is 2.84. The molecule has 2 heteroatoms. The van der Waals surface area contributed by atoms with Crippen LogP contribution in [0.5, 0.6) is 11.5 Å². The van der Waals surface area contributed by atoms with Gasteiger partial charge in [-0.05, 0) is 36.1 Å². The molecule has 0 radical (unpaired) electrons. The first-order chi connectivity index (χ1) is 8.83. The second-order valence-corrected chi connectivity index (χ2v) is 4.67. The number of benzene rings is 2. The van der Waals surface area contributed by atoms with E-state index in [0.29, 0.717) is 5.75 Å². The van der Waals surface area contributed by atoms with E-state index in [0.717, 1.165) is 42.7 Å². The summed E-state index contributed by atoms with van der Waals surface area (Å²) in [6, 6.07) is 14.2. The quantitative estimate of drug-likeness (QED) is 0.893. The summed E-state index contributed by atoms with van der Waals surface area (Å²) < 4.78 is 5.54. The van der Waals surface area contributed by atoms with Crippen molar-refractivity contribution in [2.24, 2.45) is 0 Å². The molecule has 18 heavy (non-hydrogen) atoms. The van der Waals surface area contributed by atoms with Crippen molar-refractivity contribution < 1.29 is 9.84 Å². The van der Waals surface area contributed by atoms with Gasteiger partial charge in [-0.25, -0.2) is 0 Å².